The van der Waals surface area contributed by atoms with Crippen LogP contribution in [-0.4, -0.2) is 40.8 Å². The summed E-state index contributed by atoms with van der Waals surface area (Å²) in [7, 11) is 0. The number of rotatable bonds is 12. The van der Waals surface area contributed by atoms with E-state index >= 15 is 0 Å². The van der Waals surface area contributed by atoms with E-state index in [2.05, 4.69) is 70.7 Å². The van der Waals surface area contributed by atoms with Gasteiger partial charge in [-0.1, -0.05) is 38.1 Å². The third-order valence-corrected chi connectivity index (χ3v) is 7.67. The second-order valence-corrected chi connectivity index (χ2v) is 10.2. The summed E-state index contributed by atoms with van der Waals surface area (Å²) in [4.78, 5) is 17.2. The number of fused-ring (bicyclic) bond motifs is 1. The second-order valence-electron chi connectivity index (χ2n) is 10.2. The van der Waals surface area contributed by atoms with Crippen molar-refractivity contribution in [2.45, 2.75) is 57.3 Å². The first kappa shape index (κ1) is 25.2. The zero-order chi connectivity index (χ0) is 25.7. The molecule has 2 aromatic heterocycles. The van der Waals surface area contributed by atoms with Crippen molar-refractivity contribution in [3.05, 3.63) is 83.7 Å². The molecule has 0 radical (unpaired) electrons. The average Bonchev–Trinajstić information content (AvgIpc) is 3.63. The van der Waals surface area contributed by atoms with Gasteiger partial charge in [-0.2, -0.15) is 5.10 Å². The summed E-state index contributed by atoms with van der Waals surface area (Å²) < 4.78 is 5.71. The number of nitrogens with zero attached hydrogens (tertiary/aromatic N) is 2. The number of carbonyl (C=O) groups excluding carboxylic acids is 1. The van der Waals surface area contributed by atoms with E-state index in [-0.39, 0.29) is 11.3 Å². The van der Waals surface area contributed by atoms with Gasteiger partial charge in [0.15, 0.2) is 0 Å². The molecule has 37 heavy (non-hydrogen) atoms. The summed E-state index contributed by atoms with van der Waals surface area (Å²) in [5.41, 5.74) is 6.10. The van der Waals surface area contributed by atoms with Crippen LogP contribution in [-0.2, 0) is 10.2 Å². The quantitative estimate of drug-likeness (QED) is 0.223. The number of nitrogens with one attached hydrogen (secondary N) is 2. The standard InChI is InChI=1S/C31H36N4O2/c1-3-18-37-19-13-22(4-2)23-5-7-24(8-6-23)29-27-20-25(9-10-28(27)34-35-29)30(36)33-21-31(14-15-31)26-11-16-32-17-12-26/h5-12,16-17,20,22H,3-4,13-15,18-19,21H2,1-2H3,(H,33,36)(H,34,35). The molecule has 6 heteroatoms. The first-order valence-corrected chi connectivity index (χ1v) is 13.5. The van der Waals surface area contributed by atoms with Crippen LogP contribution in [0.2, 0.25) is 0 Å². The third kappa shape index (κ3) is 5.59. The van der Waals surface area contributed by atoms with Crippen molar-refractivity contribution in [1.82, 2.24) is 20.5 Å². The Morgan fingerprint density at radius 2 is 1.84 bits per heavy atom. The van der Waals surface area contributed by atoms with Gasteiger partial charge in [-0.05, 0) is 79.5 Å². The molecule has 0 spiro atoms. The van der Waals surface area contributed by atoms with Crippen LogP contribution in [0.15, 0.2) is 67.0 Å². The van der Waals surface area contributed by atoms with Gasteiger partial charge < -0.3 is 10.1 Å². The number of amides is 1. The van der Waals surface area contributed by atoms with Crippen molar-refractivity contribution in [2.24, 2.45) is 0 Å². The van der Waals surface area contributed by atoms with Gasteiger partial charge in [-0.3, -0.25) is 14.9 Å². The van der Waals surface area contributed by atoms with E-state index in [1.807, 2.05) is 30.6 Å². The number of hydrogen-bond acceptors (Lipinski definition) is 4. The van der Waals surface area contributed by atoms with Crippen molar-refractivity contribution in [2.75, 3.05) is 19.8 Å². The molecule has 1 aliphatic rings. The Balaban J connectivity index is 1.29. The predicted molar refractivity (Wildman–Crippen MR) is 148 cm³/mol. The smallest absolute Gasteiger partial charge is 0.251 e. The minimum Gasteiger partial charge on any atom is -0.381 e. The van der Waals surface area contributed by atoms with Crippen LogP contribution in [0, 0.1) is 0 Å². The van der Waals surface area contributed by atoms with E-state index in [0.29, 0.717) is 18.0 Å². The highest BCUT2D eigenvalue weighted by molar-refractivity contribution is 6.01. The van der Waals surface area contributed by atoms with Gasteiger partial charge in [0.2, 0.25) is 0 Å². The van der Waals surface area contributed by atoms with Crippen LogP contribution < -0.4 is 5.32 Å². The normalized spacial score (nSPS) is 15.0. The maximum atomic E-state index is 13.1. The fourth-order valence-electron chi connectivity index (χ4n) is 5.14. The Kier molecular flexibility index (Phi) is 7.65. The van der Waals surface area contributed by atoms with Gasteiger partial charge in [-0.15, -0.1) is 0 Å². The van der Waals surface area contributed by atoms with Gasteiger partial charge in [-0.25, -0.2) is 0 Å². The molecule has 1 unspecified atom stereocenters. The van der Waals surface area contributed by atoms with Crippen LogP contribution >= 0.6 is 0 Å². The monoisotopic (exact) mass is 496 g/mol. The summed E-state index contributed by atoms with van der Waals surface area (Å²) in [5.74, 6) is 0.430. The first-order chi connectivity index (χ1) is 18.1. The molecule has 1 saturated carbocycles. The number of H-pyrrole nitrogens is 1. The van der Waals surface area contributed by atoms with Crippen molar-refractivity contribution >= 4 is 16.8 Å². The maximum absolute atomic E-state index is 13.1. The van der Waals surface area contributed by atoms with Crippen molar-refractivity contribution in [1.29, 1.82) is 0 Å². The number of aromatic nitrogens is 3. The van der Waals surface area contributed by atoms with Gasteiger partial charge in [0.1, 0.15) is 0 Å². The highest BCUT2D eigenvalue weighted by atomic mass is 16.5. The topological polar surface area (TPSA) is 79.9 Å². The van der Waals surface area contributed by atoms with Crippen LogP contribution in [0.25, 0.3) is 22.2 Å². The van der Waals surface area contributed by atoms with E-state index in [1.54, 1.807) is 0 Å². The van der Waals surface area contributed by atoms with E-state index in [1.165, 1.54) is 11.1 Å². The summed E-state index contributed by atoms with van der Waals surface area (Å²) in [6.45, 7) is 6.63. The molecule has 6 nitrogen and oxygen atoms in total. The molecule has 0 bridgehead atoms. The molecule has 2 aromatic carbocycles. The van der Waals surface area contributed by atoms with Crippen LogP contribution in [0.1, 0.15) is 73.4 Å². The SMILES string of the molecule is CCCOCCC(CC)c1ccc(-c2n[nH]c3ccc(C(=O)NCC4(c5ccncc5)CC4)cc23)cc1. The molecule has 4 aromatic rings. The lowest BCUT2D eigenvalue weighted by Gasteiger charge is -2.16. The van der Waals surface area contributed by atoms with Crippen molar-refractivity contribution < 1.29 is 9.53 Å². The number of benzene rings is 2. The lowest BCUT2D eigenvalue weighted by Crippen LogP contribution is -2.32. The fraction of sp³-hybridized carbons (Fsp3) is 0.387. The number of ether oxygens (including phenoxy) is 1. The number of aromatic amines is 1. The molecule has 1 aliphatic carbocycles. The second kappa shape index (κ2) is 11.3. The summed E-state index contributed by atoms with van der Waals surface area (Å²) in [6, 6.07) is 18.5. The minimum absolute atomic E-state index is 0.0454. The van der Waals surface area contributed by atoms with E-state index in [9.17, 15) is 4.79 Å². The first-order valence-electron chi connectivity index (χ1n) is 13.5. The average molecular weight is 497 g/mol. The fourth-order valence-corrected chi connectivity index (χ4v) is 5.14. The molecular weight excluding hydrogens is 460 g/mol. The Labute approximate surface area is 218 Å². The summed E-state index contributed by atoms with van der Waals surface area (Å²) in [5, 5.41) is 11.8. The van der Waals surface area contributed by atoms with E-state index < -0.39 is 0 Å². The Morgan fingerprint density at radius 3 is 2.54 bits per heavy atom. The molecule has 5 rings (SSSR count). The Bertz CT molecular complexity index is 1330. The van der Waals surface area contributed by atoms with Crippen molar-refractivity contribution in [3.8, 4) is 11.3 Å². The van der Waals surface area contributed by atoms with Crippen molar-refractivity contribution in [3.63, 3.8) is 0 Å². The lowest BCUT2D eigenvalue weighted by molar-refractivity contribution is 0.0950. The Morgan fingerprint density at radius 1 is 1.05 bits per heavy atom. The van der Waals surface area contributed by atoms with Gasteiger partial charge in [0, 0.05) is 54.1 Å². The lowest BCUT2D eigenvalue weighted by atomic mass is 9.92. The zero-order valence-corrected chi connectivity index (χ0v) is 21.8. The highest BCUT2D eigenvalue weighted by Gasteiger charge is 2.44. The van der Waals surface area contributed by atoms with E-state index in [0.717, 1.165) is 67.5 Å². The van der Waals surface area contributed by atoms with E-state index in [4.69, 9.17) is 4.74 Å². The van der Waals surface area contributed by atoms with Crippen LogP contribution in [0.5, 0.6) is 0 Å². The number of hydrogen-bond donors (Lipinski definition) is 2. The molecule has 0 aliphatic heterocycles. The molecule has 1 atom stereocenters. The zero-order valence-electron chi connectivity index (χ0n) is 21.8. The molecule has 2 heterocycles. The maximum Gasteiger partial charge on any atom is 0.251 e. The molecule has 192 valence electrons. The summed E-state index contributed by atoms with van der Waals surface area (Å²) >= 11 is 0. The van der Waals surface area contributed by atoms with Crippen LogP contribution in [0.4, 0.5) is 0 Å². The molecule has 2 N–H and O–H groups in total. The molecule has 1 amide bonds. The van der Waals surface area contributed by atoms with Gasteiger partial charge in [0.25, 0.3) is 5.91 Å². The minimum atomic E-state index is -0.0548. The largest absolute Gasteiger partial charge is 0.381 e. The molecule has 1 fully saturated rings. The summed E-state index contributed by atoms with van der Waals surface area (Å²) in [6.07, 6.45) is 8.98. The van der Waals surface area contributed by atoms with Gasteiger partial charge >= 0.3 is 0 Å². The molecular formula is C31H36N4O2. The third-order valence-electron chi connectivity index (χ3n) is 7.67. The highest BCUT2D eigenvalue weighted by Crippen LogP contribution is 2.47. The predicted octanol–water partition coefficient (Wildman–Crippen LogP) is 6.40. The van der Waals surface area contributed by atoms with Gasteiger partial charge in [0.05, 0.1) is 11.2 Å². The molecule has 0 saturated heterocycles. The van der Waals surface area contributed by atoms with Crippen LogP contribution in [0.3, 0.4) is 0 Å². The Hall–Kier alpha value is -3.51. The number of pyridine rings is 1. The number of carbonyl (C=O) groups is 1.